The third-order valence-electron chi connectivity index (χ3n) is 2.88. The van der Waals surface area contributed by atoms with Crippen molar-refractivity contribution < 1.29 is 13.7 Å². The van der Waals surface area contributed by atoms with Gasteiger partial charge in [-0.3, -0.25) is 4.79 Å². The zero-order valence-corrected chi connectivity index (χ0v) is 12.3. The maximum Gasteiger partial charge on any atom is 0.228 e. The maximum atomic E-state index is 12.8. The molecule has 1 heterocycles. The van der Waals surface area contributed by atoms with Crippen LogP contribution in [0.2, 0.25) is 0 Å². The number of carbonyl (C=O) groups is 1. The summed E-state index contributed by atoms with van der Waals surface area (Å²) in [5.41, 5.74) is 0.263. The molecule has 0 aliphatic rings. The summed E-state index contributed by atoms with van der Waals surface area (Å²) in [5, 5.41) is 6.65. The van der Waals surface area contributed by atoms with Crippen molar-refractivity contribution in [3.05, 3.63) is 36.0 Å². The highest BCUT2D eigenvalue weighted by Crippen LogP contribution is 2.16. The van der Waals surface area contributed by atoms with Gasteiger partial charge in [0.2, 0.25) is 17.6 Å². The lowest BCUT2D eigenvalue weighted by Crippen LogP contribution is -2.35. The van der Waals surface area contributed by atoms with E-state index in [0.29, 0.717) is 30.2 Å². The highest BCUT2D eigenvalue weighted by molar-refractivity contribution is 5.81. The highest BCUT2D eigenvalue weighted by atomic mass is 19.1. The van der Waals surface area contributed by atoms with Gasteiger partial charge in [-0.25, -0.2) is 4.39 Å². The smallest absolute Gasteiger partial charge is 0.228 e. The second-order valence-corrected chi connectivity index (χ2v) is 5.77. The van der Waals surface area contributed by atoms with E-state index >= 15 is 0 Å². The molecular weight excluding hydrogens is 273 g/mol. The Morgan fingerprint density at radius 2 is 1.95 bits per heavy atom. The molecule has 2 aromatic rings. The molecule has 0 aliphatic heterocycles. The summed E-state index contributed by atoms with van der Waals surface area (Å²) in [6.45, 7) is 5.98. The third kappa shape index (κ3) is 4.11. The molecule has 6 heteroatoms. The number of rotatable bonds is 4. The molecular formula is C15H18FN3O2. The number of nitrogens with zero attached hydrogens (tertiary/aromatic N) is 2. The van der Waals surface area contributed by atoms with Crippen LogP contribution in [0, 0.1) is 11.2 Å². The SMILES string of the molecule is CC(C)(C)C(=O)NCCc1nc(-c2ccc(F)cc2)no1. The number of nitrogens with one attached hydrogen (secondary N) is 1. The Balaban J connectivity index is 1.92. The molecule has 0 unspecified atom stereocenters. The molecule has 1 aromatic carbocycles. The first-order valence-corrected chi connectivity index (χ1v) is 6.73. The van der Waals surface area contributed by atoms with Crippen molar-refractivity contribution in [3.63, 3.8) is 0 Å². The van der Waals surface area contributed by atoms with Crippen molar-refractivity contribution in [2.24, 2.45) is 5.41 Å². The van der Waals surface area contributed by atoms with Crippen LogP contribution in [0.25, 0.3) is 11.4 Å². The van der Waals surface area contributed by atoms with Crippen LogP contribution in [-0.4, -0.2) is 22.6 Å². The molecule has 0 aliphatic carbocycles. The molecule has 5 nitrogen and oxygen atoms in total. The fraction of sp³-hybridized carbons (Fsp3) is 0.400. The first kappa shape index (κ1) is 15.2. The summed E-state index contributed by atoms with van der Waals surface area (Å²) < 4.78 is 18.0. The molecule has 1 amide bonds. The molecule has 2 rings (SSSR count). The molecule has 0 saturated heterocycles. The number of benzene rings is 1. The van der Waals surface area contributed by atoms with E-state index in [1.807, 2.05) is 20.8 Å². The van der Waals surface area contributed by atoms with Crippen LogP contribution in [0.5, 0.6) is 0 Å². The topological polar surface area (TPSA) is 68.0 Å². The summed E-state index contributed by atoms with van der Waals surface area (Å²) in [7, 11) is 0. The minimum absolute atomic E-state index is 0.0271. The quantitative estimate of drug-likeness (QED) is 0.940. The number of hydrogen-bond acceptors (Lipinski definition) is 4. The van der Waals surface area contributed by atoms with E-state index in [2.05, 4.69) is 15.5 Å². The molecule has 21 heavy (non-hydrogen) atoms. The second-order valence-electron chi connectivity index (χ2n) is 5.77. The molecule has 0 saturated carbocycles. The summed E-state index contributed by atoms with van der Waals surface area (Å²) in [6.07, 6.45) is 0.454. The average molecular weight is 291 g/mol. The van der Waals surface area contributed by atoms with Gasteiger partial charge >= 0.3 is 0 Å². The molecule has 112 valence electrons. The van der Waals surface area contributed by atoms with Crippen molar-refractivity contribution in [3.8, 4) is 11.4 Å². The minimum Gasteiger partial charge on any atom is -0.355 e. The summed E-state index contributed by atoms with van der Waals surface area (Å²) in [6, 6.07) is 5.86. The first-order chi connectivity index (χ1) is 9.86. The van der Waals surface area contributed by atoms with Gasteiger partial charge in [-0.1, -0.05) is 25.9 Å². The highest BCUT2D eigenvalue weighted by Gasteiger charge is 2.20. The van der Waals surface area contributed by atoms with Crippen LogP contribution in [0.1, 0.15) is 26.7 Å². The Hall–Kier alpha value is -2.24. The van der Waals surface area contributed by atoms with Gasteiger partial charge in [0.15, 0.2) is 0 Å². The largest absolute Gasteiger partial charge is 0.355 e. The van der Waals surface area contributed by atoms with Crippen LogP contribution in [-0.2, 0) is 11.2 Å². The summed E-state index contributed by atoms with van der Waals surface area (Å²) in [4.78, 5) is 15.9. The van der Waals surface area contributed by atoms with E-state index in [1.54, 1.807) is 12.1 Å². The van der Waals surface area contributed by atoms with Gasteiger partial charge in [0.1, 0.15) is 5.82 Å². The Kier molecular flexibility index (Phi) is 4.35. The molecule has 0 fully saturated rings. The monoisotopic (exact) mass is 291 g/mol. The van der Waals surface area contributed by atoms with E-state index in [4.69, 9.17) is 4.52 Å². The van der Waals surface area contributed by atoms with Crippen LogP contribution < -0.4 is 5.32 Å². The van der Waals surface area contributed by atoms with E-state index in [-0.39, 0.29) is 11.7 Å². The number of hydrogen-bond donors (Lipinski definition) is 1. The standard InChI is InChI=1S/C15H18FN3O2/c1-15(2,3)14(20)17-9-8-12-18-13(19-21-12)10-4-6-11(16)7-5-10/h4-7H,8-9H2,1-3H3,(H,17,20). The summed E-state index contributed by atoms with van der Waals surface area (Å²) in [5.74, 6) is 0.504. The van der Waals surface area contributed by atoms with Crippen molar-refractivity contribution in [1.82, 2.24) is 15.5 Å². The summed E-state index contributed by atoms with van der Waals surface area (Å²) >= 11 is 0. The van der Waals surface area contributed by atoms with Crippen molar-refractivity contribution in [2.75, 3.05) is 6.54 Å². The first-order valence-electron chi connectivity index (χ1n) is 6.73. The van der Waals surface area contributed by atoms with Crippen LogP contribution in [0.4, 0.5) is 4.39 Å². The molecule has 0 bridgehead atoms. The van der Waals surface area contributed by atoms with E-state index in [9.17, 15) is 9.18 Å². The Morgan fingerprint density at radius 1 is 1.29 bits per heavy atom. The van der Waals surface area contributed by atoms with E-state index in [1.165, 1.54) is 12.1 Å². The van der Waals surface area contributed by atoms with Gasteiger partial charge in [-0.05, 0) is 24.3 Å². The number of aromatic nitrogens is 2. The van der Waals surface area contributed by atoms with E-state index in [0.717, 1.165) is 0 Å². The zero-order chi connectivity index (χ0) is 15.5. The predicted octanol–water partition coefficient (Wildman–Crippen LogP) is 2.58. The normalized spacial score (nSPS) is 11.4. The van der Waals surface area contributed by atoms with Crippen molar-refractivity contribution in [2.45, 2.75) is 27.2 Å². The third-order valence-corrected chi connectivity index (χ3v) is 2.88. The maximum absolute atomic E-state index is 12.8. The number of amides is 1. The average Bonchev–Trinajstić information content (AvgIpc) is 2.87. The lowest BCUT2D eigenvalue weighted by Gasteiger charge is -2.16. The van der Waals surface area contributed by atoms with Gasteiger partial charge in [-0.15, -0.1) is 0 Å². The van der Waals surface area contributed by atoms with E-state index < -0.39 is 5.41 Å². The van der Waals surface area contributed by atoms with Gasteiger partial charge in [0.25, 0.3) is 0 Å². The Labute approximate surface area is 122 Å². The molecule has 0 radical (unpaired) electrons. The molecule has 1 N–H and O–H groups in total. The molecule has 0 atom stereocenters. The number of carbonyl (C=O) groups excluding carboxylic acids is 1. The van der Waals surface area contributed by atoms with Crippen molar-refractivity contribution >= 4 is 5.91 Å². The van der Waals surface area contributed by atoms with Gasteiger partial charge in [-0.2, -0.15) is 4.98 Å². The van der Waals surface area contributed by atoms with Crippen LogP contribution in [0.3, 0.4) is 0 Å². The van der Waals surface area contributed by atoms with Crippen molar-refractivity contribution in [1.29, 1.82) is 0 Å². The Bertz CT molecular complexity index is 615. The lowest BCUT2D eigenvalue weighted by molar-refractivity contribution is -0.128. The van der Waals surface area contributed by atoms with Crippen LogP contribution >= 0.6 is 0 Å². The molecule has 1 aromatic heterocycles. The fourth-order valence-corrected chi connectivity index (χ4v) is 1.62. The minimum atomic E-state index is -0.423. The lowest BCUT2D eigenvalue weighted by atomic mass is 9.96. The molecule has 0 spiro atoms. The van der Waals surface area contributed by atoms with Gasteiger partial charge < -0.3 is 9.84 Å². The van der Waals surface area contributed by atoms with Gasteiger partial charge in [0.05, 0.1) is 0 Å². The number of halogens is 1. The van der Waals surface area contributed by atoms with Gasteiger partial charge in [0, 0.05) is 23.9 Å². The predicted molar refractivity (Wildman–Crippen MR) is 75.9 cm³/mol. The zero-order valence-electron chi connectivity index (χ0n) is 12.3. The fourth-order valence-electron chi connectivity index (χ4n) is 1.62. The Morgan fingerprint density at radius 3 is 2.57 bits per heavy atom. The second kappa shape index (κ2) is 6.03. The van der Waals surface area contributed by atoms with Crippen LogP contribution in [0.15, 0.2) is 28.8 Å².